The molecule has 0 aromatic heterocycles. The Bertz CT molecular complexity index is 452. The number of carbonyl (C=O) groups excluding carboxylic acids is 1. The molecule has 21 heavy (non-hydrogen) atoms. The van der Waals surface area contributed by atoms with Crippen LogP contribution in [-0.2, 0) is 0 Å². The van der Waals surface area contributed by atoms with Crippen molar-refractivity contribution in [3.05, 3.63) is 35.6 Å². The number of nitrogens with one attached hydrogen (secondary N) is 2. The third-order valence-electron chi connectivity index (χ3n) is 2.94. The Kier molecular flexibility index (Phi) is 9.86. The van der Waals surface area contributed by atoms with Crippen molar-refractivity contribution in [2.75, 3.05) is 26.2 Å². The van der Waals surface area contributed by atoms with Crippen LogP contribution in [0.25, 0.3) is 0 Å². The summed E-state index contributed by atoms with van der Waals surface area (Å²) in [6.45, 7) is 7.68. The second-order valence-corrected chi connectivity index (χ2v) is 4.65. The van der Waals surface area contributed by atoms with E-state index in [2.05, 4.69) is 29.4 Å². The smallest absolute Gasteiger partial charge is 0.257 e. The Balaban J connectivity index is 0.00000400. The van der Waals surface area contributed by atoms with Crippen molar-refractivity contribution in [1.82, 2.24) is 15.5 Å². The maximum absolute atomic E-state index is 12.7. The van der Waals surface area contributed by atoms with Gasteiger partial charge in [0.25, 0.3) is 5.91 Å². The van der Waals surface area contributed by atoms with Gasteiger partial charge in [-0.2, -0.15) is 0 Å². The average molecular weight is 334 g/mol. The SMILES string of the molecule is CCN(CC)CCNC(=S)NC(=O)c1ccc(F)cc1.Cl. The zero-order valence-electron chi connectivity index (χ0n) is 12.2. The Morgan fingerprint density at radius 3 is 2.33 bits per heavy atom. The van der Waals surface area contributed by atoms with Crippen LogP contribution in [0.3, 0.4) is 0 Å². The third-order valence-corrected chi connectivity index (χ3v) is 3.19. The predicted molar refractivity (Wildman–Crippen MR) is 89.5 cm³/mol. The van der Waals surface area contributed by atoms with Crippen molar-refractivity contribution < 1.29 is 9.18 Å². The summed E-state index contributed by atoms with van der Waals surface area (Å²) >= 11 is 5.04. The zero-order chi connectivity index (χ0) is 15.0. The molecular formula is C14H21ClFN3OS. The van der Waals surface area contributed by atoms with Crippen molar-refractivity contribution in [2.45, 2.75) is 13.8 Å². The van der Waals surface area contributed by atoms with Crippen LogP contribution in [0.1, 0.15) is 24.2 Å². The molecule has 1 aromatic carbocycles. The van der Waals surface area contributed by atoms with Crippen LogP contribution >= 0.6 is 24.6 Å². The van der Waals surface area contributed by atoms with Crippen LogP contribution in [0.2, 0.25) is 0 Å². The van der Waals surface area contributed by atoms with Gasteiger partial charge in [-0.3, -0.25) is 10.1 Å². The molecule has 0 radical (unpaired) electrons. The topological polar surface area (TPSA) is 44.4 Å². The highest BCUT2D eigenvalue weighted by Gasteiger charge is 2.07. The molecule has 1 amide bonds. The van der Waals surface area contributed by atoms with Gasteiger partial charge in [-0.1, -0.05) is 13.8 Å². The maximum Gasteiger partial charge on any atom is 0.257 e. The molecule has 118 valence electrons. The minimum atomic E-state index is -0.374. The first kappa shape index (κ1) is 19.8. The highest BCUT2D eigenvalue weighted by molar-refractivity contribution is 7.80. The number of rotatable bonds is 6. The summed E-state index contributed by atoms with van der Waals surface area (Å²) in [5.74, 6) is -0.716. The number of hydrogen-bond donors (Lipinski definition) is 2. The van der Waals surface area contributed by atoms with Gasteiger partial charge in [0.2, 0.25) is 0 Å². The molecule has 0 saturated carbocycles. The molecule has 0 unspecified atom stereocenters. The van der Waals surface area contributed by atoms with E-state index >= 15 is 0 Å². The summed E-state index contributed by atoms with van der Waals surface area (Å²) in [6.07, 6.45) is 0. The van der Waals surface area contributed by atoms with Gasteiger partial charge in [-0.05, 0) is 49.6 Å². The van der Waals surface area contributed by atoms with Crippen LogP contribution in [0.5, 0.6) is 0 Å². The molecular weight excluding hydrogens is 313 g/mol. The van der Waals surface area contributed by atoms with Crippen LogP contribution in [0.15, 0.2) is 24.3 Å². The average Bonchev–Trinajstić information content (AvgIpc) is 2.44. The lowest BCUT2D eigenvalue weighted by Crippen LogP contribution is -2.42. The summed E-state index contributed by atoms with van der Waals surface area (Å²) in [5, 5.41) is 5.83. The fraction of sp³-hybridized carbons (Fsp3) is 0.429. The number of thiocarbonyl (C=S) groups is 1. The first-order valence-electron chi connectivity index (χ1n) is 6.64. The number of hydrogen-bond acceptors (Lipinski definition) is 3. The first-order valence-corrected chi connectivity index (χ1v) is 7.04. The van der Waals surface area contributed by atoms with Gasteiger partial charge in [0, 0.05) is 18.7 Å². The molecule has 0 saturated heterocycles. The van der Waals surface area contributed by atoms with Crippen molar-refractivity contribution in [3.63, 3.8) is 0 Å². The minimum Gasteiger partial charge on any atom is -0.361 e. The van der Waals surface area contributed by atoms with Gasteiger partial charge in [0.1, 0.15) is 5.82 Å². The lowest BCUT2D eigenvalue weighted by Gasteiger charge is -2.18. The highest BCUT2D eigenvalue weighted by atomic mass is 35.5. The van der Waals surface area contributed by atoms with Gasteiger partial charge >= 0.3 is 0 Å². The quantitative estimate of drug-likeness (QED) is 0.783. The predicted octanol–water partition coefficient (Wildman–Crippen LogP) is 2.19. The number of carbonyl (C=O) groups is 1. The second kappa shape index (κ2) is 10.5. The van der Waals surface area contributed by atoms with E-state index in [1.54, 1.807) is 0 Å². The molecule has 0 aliphatic heterocycles. The molecule has 7 heteroatoms. The Morgan fingerprint density at radius 1 is 1.24 bits per heavy atom. The molecule has 1 rings (SSSR count). The van der Waals surface area contributed by atoms with Crippen molar-refractivity contribution in [2.24, 2.45) is 0 Å². The summed E-state index contributed by atoms with van der Waals surface area (Å²) in [5.41, 5.74) is 0.374. The normalized spacial score (nSPS) is 9.90. The molecule has 0 aliphatic carbocycles. The summed E-state index contributed by atoms with van der Waals surface area (Å²) < 4.78 is 12.7. The third kappa shape index (κ3) is 7.36. The molecule has 0 bridgehead atoms. The van der Waals surface area contributed by atoms with E-state index in [4.69, 9.17) is 12.2 Å². The van der Waals surface area contributed by atoms with Crippen LogP contribution in [0, 0.1) is 5.82 Å². The Labute approximate surface area is 136 Å². The van der Waals surface area contributed by atoms with Crippen LogP contribution < -0.4 is 10.6 Å². The van der Waals surface area contributed by atoms with Crippen molar-refractivity contribution in [3.8, 4) is 0 Å². The fourth-order valence-electron chi connectivity index (χ4n) is 1.69. The van der Waals surface area contributed by atoms with E-state index < -0.39 is 0 Å². The fourth-order valence-corrected chi connectivity index (χ4v) is 1.88. The van der Waals surface area contributed by atoms with Crippen LogP contribution in [-0.4, -0.2) is 42.1 Å². The number of nitrogens with zero attached hydrogens (tertiary/aromatic N) is 1. The molecule has 0 heterocycles. The summed E-state index contributed by atoms with van der Waals surface area (Å²) in [6, 6.07) is 5.32. The van der Waals surface area contributed by atoms with Gasteiger partial charge in [0.05, 0.1) is 0 Å². The van der Waals surface area contributed by atoms with E-state index in [0.29, 0.717) is 12.1 Å². The van der Waals surface area contributed by atoms with E-state index in [0.717, 1.165) is 19.6 Å². The number of likely N-dealkylation sites (N-methyl/N-ethyl adjacent to an activating group) is 1. The van der Waals surface area contributed by atoms with Gasteiger partial charge in [-0.25, -0.2) is 4.39 Å². The molecule has 0 spiro atoms. The highest BCUT2D eigenvalue weighted by Crippen LogP contribution is 2.02. The Hall–Kier alpha value is -1.24. The molecule has 0 aliphatic rings. The molecule has 4 nitrogen and oxygen atoms in total. The van der Waals surface area contributed by atoms with Crippen molar-refractivity contribution >= 4 is 35.6 Å². The molecule has 2 N–H and O–H groups in total. The monoisotopic (exact) mass is 333 g/mol. The lowest BCUT2D eigenvalue weighted by atomic mass is 10.2. The second-order valence-electron chi connectivity index (χ2n) is 4.24. The minimum absolute atomic E-state index is 0. The van der Waals surface area contributed by atoms with E-state index in [9.17, 15) is 9.18 Å². The standard InChI is InChI=1S/C14H20FN3OS.ClH/c1-3-18(4-2)10-9-16-14(20)17-13(19)11-5-7-12(15)8-6-11;/h5-8H,3-4,9-10H2,1-2H3,(H2,16,17,19,20);1H. The molecule has 0 atom stereocenters. The van der Waals surface area contributed by atoms with E-state index in [1.807, 2.05) is 0 Å². The van der Waals surface area contributed by atoms with Crippen LogP contribution in [0.4, 0.5) is 4.39 Å². The summed E-state index contributed by atoms with van der Waals surface area (Å²) in [4.78, 5) is 14.1. The van der Waals surface area contributed by atoms with Crippen molar-refractivity contribution in [1.29, 1.82) is 0 Å². The maximum atomic E-state index is 12.7. The summed E-state index contributed by atoms with van der Waals surface area (Å²) in [7, 11) is 0. The first-order chi connectivity index (χ1) is 9.56. The number of halogens is 2. The molecule has 1 aromatic rings. The zero-order valence-corrected chi connectivity index (χ0v) is 13.8. The number of benzene rings is 1. The number of amides is 1. The largest absolute Gasteiger partial charge is 0.361 e. The van der Waals surface area contributed by atoms with E-state index in [-0.39, 0.29) is 29.2 Å². The van der Waals surface area contributed by atoms with Gasteiger partial charge in [-0.15, -0.1) is 12.4 Å². The van der Waals surface area contributed by atoms with Gasteiger partial charge in [0.15, 0.2) is 5.11 Å². The van der Waals surface area contributed by atoms with Gasteiger partial charge < -0.3 is 10.2 Å². The molecule has 0 fully saturated rings. The van der Waals surface area contributed by atoms with E-state index in [1.165, 1.54) is 24.3 Å². The lowest BCUT2D eigenvalue weighted by molar-refractivity contribution is 0.0976. The Morgan fingerprint density at radius 2 is 1.81 bits per heavy atom.